The quantitative estimate of drug-likeness (QED) is 0.687. The van der Waals surface area contributed by atoms with Gasteiger partial charge in [0.15, 0.2) is 12.4 Å². The second-order valence-electron chi connectivity index (χ2n) is 6.85. The molecule has 1 saturated heterocycles. The molecule has 1 aliphatic rings. The Morgan fingerprint density at radius 2 is 2.00 bits per heavy atom. The van der Waals surface area contributed by atoms with Crippen molar-refractivity contribution >= 4 is 5.91 Å². The van der Waals surface area contributed by atoms with Crippen LogP contribution in [0, 0.1) is 13.8 Å². The normalized spacial score (nSPS) is 14.3. The van der Waals surface area contributed by atoms with E-state index < -0.39 is 0 Å². The largest absolute Gasteiger partial charge is 0.484 e. The third kappa shape index (κ3) is 3.55. The number of rotatable bonds is 5. The van der Waals surface area contributed by atoms with Gasteiger partial charge in [-0.25, -0.2) is 0 Å². The molecular weight excluding hydrogens is 346 g/mol. The van der Waals surface area contributed by atoms with E-state index in [1.54, 1.807) is 22.7 Å². The summed E-state index contributed by atoms with van der Waals surface area (Å²) in [7, 11) is 1.77. The van der Waals surface area contributed by atoms with Gasteiger partial charge in [-0.1, -0.05) is 22.9 Å². The third-order valence-electron chi connectivity index (χ3n) is 4.62. The molecule has 2 aromatic heterocycles. The molecule has 0 saturated carbocycles. The lowest BCUT2D eigenvalue weighted by Crippen LogP contribution is -2.49. The first-order valence-electron chi connectivity index (χ1n) is 8.81. The van der Waals surface area contributed by atoms with E-state index in [9.17, 15) is 4.79 Å². The van der Waals surface area contributed by atoms with Crippen molar-refractivity contribution in [3.63, 3.8) is 0 Å². The molecule has 0 bridgehead atoms. The zero-order valence-corrected chi connectivity index (χ0v) is 15.5. The molecule has 3 heterocycles. The number of carbonyl (C=O) groups excluding carboxylic acids is 1. The molecule has 1 fully saturated rings. The van der Waals surface area contributed by atoms with E-state index in [0.29, 0.717) is 30.5 Å². The highest BCUT2D eigenvalue weighted by atomic mass is 16.5. The zero-order valence-electron chi connectivity index (χ0n) is 15.5. The predicted molar refractivity (Wildman–Crippen MR) is 96.4 cm³/mol. The summed E-state index contributed by atoms with van der Waals surface area (Å²) in [5.74, 6) is 1.86. The molecule has 0 unspecified atom stereocenters. The van der Waals surface area contributed by atoms with E-state index >= 15 is 0 Å². The summed E-state index contributed by atoms with van der Waals surface area (Å²) in [6.07, 6.45) is 0. The molecular formula is C19H21N5O3. The van der Waals surface area contributed by atoms with E-state index in [4.69, 9.17) is 9.26 Å². The number of hydrogen-bond donors (Lipinski definition) is 0. The van der Waals surface area contributed by atoms with Gasteiger partial charge in [-0.15, -0.1) is 0 Å². The summed E-state index contributed by atoms with van der Waals surface area (Å²) in [6.45, 7) is 5.26. The summed E-state index contributed by atoms with van der Waals surface area (Å²) >= 11 is 0. The molecule has 8 nitrogen and oxygen atoms in total. The summed E-state index contributed by atoms with van der Waals surface area (Å²) in [4.78, 5) is 18.7. The van der Waals surface area contributed by atoms with Gasteiger partial charge < -0.3 is 14.2 Å². The number of aryl methyl sites for hydroxylation is 3. The van der Waals surface area contributed by atoms with Crippen LogP contribution in [0.4, 0.5) is 0 Å². The van der Waals surface area contributed by atoms with Crippen LogP contribution in [0.2, 0.25) is 0 Å². The van der Waals surface area contributed by atoms with Crippen LogP contribution >= 0.6 is 0 Å². The minimum Gasteiger partial charge on any atom is -0.484 e. The fourth-order valence-corrected chi connectivity index (χ4v) is 3.05. The van der Waals surface area contributed by atoms with Gasteiger partial charge in [-0.05, 0) is 32.0 Å². The van der Waals surface area contributed by atoms with Gasteiger partial charge in [0.1, 0.15) is 11.4 Å². The van der Waals surface area contributed by atoms with Gasteiger partial charge in [0, 0.05) is 20.1 Å². The van der Waals surface area contributed by atoms with Crippen LogP contribution in [0.1, 0.15) is 39.4 Å². The smallest absolute Gasteiger partial charge is 0.272 e. The Balaban J connectivity index is 1.32. The Kier molecular flexibility index (Phi) is 4.39. The minimum absolute atomic E-state index is 0.0271. The average molecular weight is 367 g/mol. The van der Waals surface area contributed by atoms with E-state index in [2.05, 4.69) is 15.2 Å². The maximum atomic E-state index is 12.5. The van der Waals surface area contributed by atoms with Crippen molar-refractivity contribution in [2.24, 2.45) is 7.05 Å². The van der Waals surface area contributed by atoms with Gasteiger partial charge in [-0.2, -0.15) is 10.1 Å². The van der Waals surface area contributed by atoms with Crippen molar-refractivity contribution in [1.82, 2.24) is 24.8 Å². The van der Waals surface area contributed by atoms with E-state index in [-0.39, 0.29) is 18.4 Å². The first-order chi connectivity index (χ1) is 13.0. The minimum atomic E-state index is -0.0271. The van der Waals surface area contributed by atoms with Crippen LogP contribution in [-0.4, -0.2) is 43.8 Å². The number of ether oxygens (including phenoxy) is 1. The van der Waals surface area contributed by atoms with Gasteiger partial charge >= 0.3 is 0 Å². The van der Waals surface area contributed by atoms with Gasteiger partial charge in [-0.3, -0.25) is 9.48 Å². The summed E-state index contributed by atoms with van der Waals surface area (Å²) < 4.78 is 12.5. The lowest BCUT2D eigenvalue weighted by Gasteiger charge is -2.37. The highest BCUT2D eigenvalue weighted by Crippen LogP contribution is 2.26. The molecule has 0 N–H and O–H groups in total. The van der Waals surface area contributed by atoms with Crippen molar-refractivity contribution in [3.05, 3.63) is 59.0 Å². The Morgan fingerprint density at radius 3 is 2.67 bits per heavy atom. The Morgan fingerprint density at radius 1 is 1.26 bits per heavy atom. The van der Waals surface area contributed by atoms with Crippen molar-refractivity contribution < 1.29 is 14.1 Å². The molecule has 8 heteroatoms. The predicted octanol–water partition coefficient (Wildman–Crippen LogP) is 2.24. The molecule has 140 valence electrons. The van der Waals surface area contributed by atoms with Gasteiger partial charge in [0.05, 0.1) is 11.6 Å². The van der Waals surface area contributed by atoms with Crippen molar-refractivity contribution in [1.29, 1.82) is 0 Å². The summed E-state index contributed by atoms with van der Waals surface area (Å²) in [6, 6.07) is 9.57. The number of benzene rings is 1. The molecule has 1 amide bonds. The Hall–Kier alpha value is -3.16. The van der Waals surface area contributed by atoms with Crippen LogP contribution < -0.4 is 4.74 Å². The van der Waals surface area contributed by atoms with Crippen LogP contribution in [0.25, 0.3) is 0 Å². The van der Waals surface area contributed by atoms with Crippen molar-refractivity contribution in [2.45, 2.75) is 26.4 Å². The number of carbonyl (C=O) groups is 1. The fourth-order valence-electron chi connectivity index (χ4n) is 3.05. The topological polar surface area (TPSA) is 86.3 Å². The van der Waals surface area contributed by atoms with Crippen molar-refractivity contribution in [2.75, 3.05) is 13.1 Å². The zero-order chi connectivity index (χ0) is 19.0. The number of likely N-dealkylation sites (tertiary alicyclic amines) is 1. The van der Waals surface area contributed by atoms with Gasteiger partial charge in [0.25, 0.3) is 11.8 Å². The maximum absolute atomic E-state index is 12.5. The first kappa shape index (κ1) is 17.3. The molecule has 4 rings (SSSR count). The SMILES string of the molecule is Cc1ccc(OCc2nc(C3CN(C(=O)c4cc(C)nn4C)C3)no2)cc1. The number of hydrogen-bond acceptors (Lipinski definition) is 6. The second kappa shape index (κ2) is 6.86. The second-order valence-corrected chi connectivity index (χ2v) is 6.85. The Bertz CT molecular complexity index is 954. The van der Waals surface area contributed by atoms with Crippen LogP contribution in [0.3, 0.4) is 0 Å². The molecule has 1 aliphatic heterocycles. The fraction of sp³-hybridized carbons (Fsp3) is 0.368. The molecule has 3 aromatic rings. The Labute approximate surface area is 156 Å². The van der Waals surface area contributed by atoms with Gasteiger partial charge in [0.2, 0.25) is 0 Å². The molecule has 0 spiro atoms. The van der Waals surface area contributed by atoms with Crippen molar-refractivity contribution in [3.8, 4) is 5.75 Å². The van der Waals surface area contributed by atoms with Crippen LogP contribution in [-0.2, 0) is 13.7 Å². The van der Waals surface area contributed by atoms with E-state index in [1.807, 2.05) is 38.1 Å². The van der Waals surface area contributed by atoms with E-state index in [0.717, 1.165) is 11.4 Å². The molecule has 0 aliphatic carbocycles. The summed E-state index contributed by atoms with van der Waals surface area (Å²) in [5, 5.41) is 8.25. The maximum Gasteiger partial charge on any atom is 0.272 e. The molecule has 1 aromatic carbocycles. The molecule has 27 heavy (non-hydrogen) atoms. The number of amides is 1. The number of aromatic nitrogens is 4. The average Bonchev–Trinajstić information content (AvgIpc) is 3.19. The highest BCUT2D eigenvalue weighted by Gasteiger charge is 2.36. The lowest BCUT2D eigenvalue weighted by molar-refractivity contribution is 0.0580. The molecule has 0 atom stereocenters. The number of nitrogens with zero attached hydrogens (tertiary/aromatic N) is 5. The molecule has 0 radical (unpaired) electrons. The first-order valence-corrected chi connectivity index (χ1v) is 8.81. The van der Waals surface area contributed by atoms with Crippen LogP contribution in [0.15, 0.2) is 34.9 Å². The highest BCUT2D eigenvalue weighted by molar-refractivity contribution is 5.93. The van der Waals surface area contributed by atoms with Crippen LogP contribution in [0.5, 0.6) is 5.75 Å². The standard InChI is InChI=1S/C19H21N5O3/c1-12-4-6-15(7-5-12)26-11-17-20-18(22-27-17)14-9-24(10-14)19(25)16-8-13(2)21-23(16)3/h4-8,14H,9-11H2,1-3H3. The third-order valence-corrected chi connectivity index (χ3v) is 4.62. The lowest BCUT2D eigenvalue weighted by atomic mass is 9.99. The van der Waals surface area contributed by atoms with E-state index in [1.165, 1.54) is 5.56 Å². The summed E-state index contributed by atoms with van der Waals surface area (Å²) in [5.41, 5.74) is 2.59. The monoisotopic (exact) mass is 367 g/mol.